The Labute approximate surface area is 100 Å². The van der Waals surface area contributed by atoms with Crippen molar-refractivity contribution >= 4 is 5.91 Å². The number of amides is 1. The van der Waals surface area contributed by atoms with E-state index in [9.17, 15) is 4.79 Å². The van der Waals surface area contributed by atoms with Crippen molar-refractivity contribution in [2.75, 3.05) is 13.2 Å². The second-order valence-corrected chi connectivity index (χ2v) is 4.26. The molecule has 94 valence electrons. The summed E-state index contributed by atoms with van der Waals surface area (Å²) in [7, 11) is 0. The Balaban J connectivity index is 1.75. The average molecular weight is 238 g/mol. The third-order valence-electron chi connectivity index (χ3n) is 2.88. The van der Waals surface area contributed by atoms with Crippen molar-refractivity contribution in [1.82, 2.24) is 20.4 Å². The minimum absolute atomic E-state index is 0.100. The van der Waals surface area contributed by atoms with Crippen LogP contribution in [-0.2, 0) is 17.9 Å². The lowest BCUT2D eigenvalue weighted by molar-refractivity contribution is -0.122. The second kappa shape index (κ2) is 5.79. The molecule has 1 saturated heterocycles. The molecule has 0 saturated carbocycles. The molecule has 1 aromatic heterocycles. The van der Waals surface area contributed by atoms with E-state index in [2.05, 4.69) is 15.7 Å². The summed E-state index contributed by atoms with van der Waals surface area (Å²) in [6.07, 6.45) is 5.20. The highest BCUT2D eigenvalue weighted by atomic mass is 16.3. The van der Waals surface area contributed by atoms with Gasteiger partial charge in [-0.25, -0.2) is 0 Å². The zero-order valence-corrected chi connectivity index (χ0v) is 9.72. The number of carbonyl (C=O) groups excluding carboxylic acids is 1. The molecule has 1 aromatic rings. The predicted molar refractivity (Wildman–Crippen MR) is 62.2 cm³/mol. The van der Waals surface area contributed by atoms with Crippen LogP contribution in [0.25, 0.3) is 0 Å². The average Bonchev–Trinajstić information content (AvgIpc) is 2.77. The molecule has 17 heavy (non-hydrogen) atoms. The molecule has 6 heteroatoms. The molecule has 1 aliphatic rings. The fourth-order valence-corrected chi connectivity index (χ4v) is 1.89. The van der Waals surface area contributed by atoms with Gasteiger partial charge < -0.3 is 15.7 Å². The maximum absolute atomic E-state index is 11.0. The Kier molecular flexibility index (Phi) is 4.11. The lowest BCUT2D eigenvalue weighted by Crippen LogP contribution is -2.45. The van der Waals surface area contributed by atoms with Gasteiger partial charge in [-0.15, -0.1) is 0 Å². The molecule has 2 rings (SSSR count). The van der Waals surface area contributed by atoms with Crippen molar-refractivity contribution in [3.8, 4) is 0 Å². The van der Waals surface area contributed by atoms with E-state index < -0.39 is 0 Å². The number of nitrogens with zero attached hydrogens (tertiary/aromatic N) is 2. The number of hydrogen-bond donors (Lipinski definition) is 3. The third kappa shape index (κ3) is 3.54. The standard InChI is InChI=1S/C11H18N4O2/c16-4-3-15-8-9(6-14-15)5-12-10-1-2-11(17)13-7-10/h6,8,10,12,16H,1-5,7H2,(H,13,17). The summed E-state index contributed by atoms with van der Waals surface area (Å²) in [5.74, 6) is 0.138. The largest absolute Gasteiger partial charge is 0.394 e. The van der Waals surface area contributed by atoms with Crippen molar-refractivity contribution < 1.29 is 9.90 Å². The third-order valence-corrected chi connectivity index (χ3v) is 2.88. The molecule has 2 heterocycles. The molecule has 0 radical (unpaired) electrons. The first-order chi connectivity index (χ1) is 8.28. The second-order valence-electron chi connectivity index (χ2n) is 4.26. The molecule has 0 spiro atoms. The van der Waals surface area contributed by atoms with Crippen LogP contribution in [0.4, 0.5) is 0 Å². The van der Waals surface area contributed by atoms with Gasteiger partial charge >= 0.3 is 0 Å². The first-order valence-electron chi connectivity index (χ1n) is 5.90. The van der Waals surface area contributed by atoms with Gasteiger partial charge in [0.15, 0.2) is 0 Å². The fourth-order valence-electron chi connectivity index (χ4n) is 1.89. The number of aromatic nitrogens is 2. The number of rotatable bonds is 5. The van der Waals surface area contributed by atoms with Gasteiger partial charge in [0.05, 0.1) is 19.3 Å². The van der Waals surface area contributed by atoms with Crippen molar-refractivity contribution in [3.63, 3.8) is 0 Å². The Hall–Kier alpha value is -1.40. The predicted octanol–water partition coefficient (Wildman–Crippen LogP) is -0.756. The SMILES string of the molecule is O=C1CCC(NCc2cnn(CCO)c2)CN1. The molecule has 1 atom stereocenters. The van der Waals surface area contributed by atoms with Gasteiger partial charge in [-0.1, -0.05) is 0 Å². The van der Waals surface area contributed by atoms with E-state index in [4.69, 9.17) is 5.11 Å². The summed E-state index contributed by atoms with van der Waals surface area (Å²) in [5.41, 5.74) is 1.09. The van der Waals surface area contributed by atoms with E-state index in [0.717, 1.165) is 18.5 Å². The summed E-state index contributed by atoms with van der Waals surface area (Å²) in [6.45, 7) is 2.07. The normalized spacial score (nSPS) is 20.3. The summed E-state index contributed by atoms with van der Waals surface area (Å²) in [4.78, 5) is 11.0. The Bertz CT molecular complexity index is 367. The van der Waals surface area contributed by atoms with E-state index in [1.165, 1.54) is 0 Å². The smallest absolute Gasteiger partial charge is 0.220 e. The van der Waals surface area contributed by atoms with Crippen molar-refractivity contribution in [3.05, 3.63) is 18.0 Å². The molecule has 1 aliphatic heterocycles. The molecule has 0 aliphatic carbocycles. The van der Waals surface area contributed by atoms with Gasteiger partial charge in [-0.05, 0) is 6.42 Å². The number of hydrogen-bond acceptors (Lipinski definition) is 4. The van der Waals surface area contributed by atoms with E-state index in [1.54, 1.807) is 10.9 Å². The lowest BCUT2D eigenvalue weighted by Gasteiger charge is -2.23. The Morgan fingerprint density at radius 2 is 2.53 bits per heavy atom. The van der Waals surface area contributed by atoms with Crippen LogP contribution in [0.5, 0.6) is 0 Å². The monoisotopic (exact) mass is 238 g/mol. The number of nitrogens with one attached hydrogen (secondary N) is 2. The van der Waals surface area contributed by atoms with Crippen LogP contribution < -0.4 is 10.6 Å². The maximum atomic E-state index is 11.0. The van der Waals surface area contributed by atoms with Crippen molar-refractivity contribution in [2.24, 2.45) is 0 Å². The summed E-state index contributed by atoms with van der Waals surface area (Å²) in [5, 5.41) is 19.1. The maximum Gasteiger partial charge on any atom is 0.220 e. The lowest BCUT2D eigenvalue weighted by atomic mass is 10.1. The fraction of sp³-hybridized carbons (Fsp3) is 0.636. The van der Waals surface area contributed by atoms with Gasteiger partial charge in [-0.3, -0.25) is 9.48 Å². The minimum atomic E-state index is 0.100. The molecule has 1 unspecified atom stereocenters. The van der Waals surface area contributed by atoms with Crippen LogP contribution in [0.15, 0.2) is 12.4 Å². The summed E-state index contributed by atoms with van der Waals surface area (Å²) < 4.78 is 1.72. The van der Waals surface area contributed by atoms with Crippen LogP contribution in [0, 0.1) is 0 Å². The van der Waals surface area contributed by atoms with E-state index in [-0.39, 0.29) is 12.5 Å². The van der Waals surface area contributed by atoms with E-state index >= 15 is 0 Å². The van der Waals surface area contributed by atoms with Gasteiger partial charge in [0, 0.05) is 37.3 Å². The van der Waals surface area contributed by atoms with Crippen LogP contribution in [0.3, 0.4) is 0 Å². The van der Waals surface area contributed by atoms with Crippen LogP contribution in [0.1, 0.15) is 18.4 Å². The molecule has 0 aromatic carbocycles. The van der Waals surface area contributed by atoms with Crippen LogP contribution >= 0.6 is 0 Å². The molecule has 0 bridgehead atoms. The van der Waals surface area contributed by atoms with Gasteiger partial charge in [0.2, 0.25) is 5.91 Å². The molecule has 6 nitrogen and oxygen atoms in total. The summed E-state index contributed by atoms with van der Waals surface area (Å²) >= 11 is 0. The number of aliphatic hydroxyl groups excluding tert-OH is 1. The molecule has 3 N–H and O–H groups in total. The number of carbonyl (C=O) groups is 1. The zero-order valence-electron chi connectivity index (χ0n) is 9.72. The van der Waals surface area contributed by atoms with Crippen molar-refractivity contribution in [1.29, 1.82) is 0 Å². The van der Waals surface area contributed by atoms with Crippen molar-refractivity contribution in [2.45, 2.75) is 32.0 Å². The first-order valence-corrected chi connectivity index (χ1v) is 5.90. The quantitative estimate of drug-likeness (QED) is 0.630. The van der Waals surface area contributed by atoms with Crippen LogP contribution in [0.2, 0.25) is 0 Å². The van der Waals surface area contributed by atoms with E-state index in [1.807, 2.05) is 6.20 Å². The molecule has 1 fully saturated rings. The van der Waals surface area contributed by atoms with Gasteiger partial charge in [0.1, 0.15) is 0 Å². The Morgan fingerprint density at radius 1 is 1.65 bits per heavy atom. The summed E-state index contributed by atoms with van der Waals surface area (Å²) in [6, 6.07) is 0.342. The topological polar surface area (TPSA) is 79.2 Å². The molecular formula is C11H18N4O2. The zero-order chi connectivity index (χ0) is 12.1. The highest BCUT2D eigenvalue weighted by Crippen LogP contribution is 2.04. The Morgan fingerprint density at radius 3 is 3.24 bits per heavy atom. The number of aliphatic hydroxyl groups is 1. The van der Waals surface area contributed by atoms with E-state index in [0.29, 0.717) is 25.6 Å². The highest BCUT2D eigenvalue weighted by molar-refractivity contribution is 5.76. The van der Waals surface area contributed by atoms with Gasteiger partial charge in [-0.2, -0.15) is 5.10 Å². The number of piperidine rings is 1. The first kappa shape index (κ1) is 12.1. The van der Waals surface area contributed by atoms with Crippen LogP contribution in [-0.4, -0.2) is 40.0 Å². The molecular weight excluding hydrogens is 220 g/mol. The van der Waals surface area contributed by atoms with Gasteiger partial charge in [0.25, 0.3) is 0 Å². The molecule has 1 amide bonds. The highest BCUT2D eigenvalue weighted by Gasteiger charge is 2.17. The minimum Gasteiger partial charge on any atom is -0.394 e.